The van der Waals surface area contributed by atoms with E-state index in [-0.39, 0.29) is 23.9 Å². The minimum absolute atomic E-state index is 0.00901. The minimum Gasteiger partial charge on any atom is -0.340 e. The molecule has 0 saturated carbocycles. The Morgan fingerprint density at radius 1 is 1.38 bits per heavy atom. The molecular weight excluding hydrogens is 284 g/mol. The van der Waals surface area contributed by atoms with E-state index in [1.54, 1.807) is 30.1 Å². The number of amides is 2. The summed E-state index contributed by atoms with van der Waals surface area (Å²) in [5.41, 5.74) is -0.817. The number of rotatable bonds is 4. The largest absolute Gasteiger partial charge is 0.340 e. The molecule has 0 radical (unpaired) electrons. The molecule has 0 aliphatic carbocycles. The molecule has 1 aromatic rings. The second kappa shape index (κ2) is 5.79. The van der Waals surface area contributed by atoms with Gasteiger partial charge in [0.15, 0.2) is 0 Å². The van der Waals surface area contributed by atoms with Gasteiger partial charge >= 0.3 is 0 Å². The van der Waals surface area contributed by atoms with Crippen LogP contribution >= 0.6 is 11.3 Å². The van der Waals surface area contributed by atoms with Gasteiger partial charge in [0.05, 0.1) is 0 Å². The van der Waals surface area contributed by atoms with Gasteiger partial charge in [-0.2, -0.15) is 0 Å². The zero-order valence-corrected chi connectivity index (χ0v) is 14.2. The van der Waals surface area contributed by atoms with Crippen LogP contribution in [0.15, 0.2) is 12.1 Å². The van der Waals surface area contributed by atoms with E-state index in [4.69, 9.17) is 0 Å². The summed E-state index contributed by atoms with van der Waals surface area (Å²) in [5.74, 6) is -0.0361. The lowest BCUT2D eigenvalue weighted by Crippen LogP contribution is -2.69. The van der Waals surface area contributed by atoms with Crippen molar-refractivity contribution in [1.82, 2.24) is 10.2 Å². The lowest BCUT2D eigenvalue weighted by Gasteiger charge is -2.45. The summed E-state index contributed by atoms with van der Waals surface area (Å²) in [7, 11) is 0. The fraction of sp³-hybridized carbons (Fsp3) is 0.625. The zero-order chi connectivity index (χ0) is 15.8. The van der Waals surface area contributed by atoms with Gasteiger partial charge in [-0.1, -0.05) is 6.92 Å². The summed E-state index contributed by atoms with van der Waals surface area (Å²) in [6.45, 7) is 9.60. The molecule has 2 unspecified atom stereocenters. The number of carbonyl (C=O) groups is 2. The van der Waals surface area contributed by atoms with Crippen molar-refractivity contribution in [1.29, 1.82) is 0 Å². The predicted octanol–water partition coefficient (Wildman–Crippen LogP) is 2.50. The highest BCUT2D eigenvalue weighted by Gasteiger charge is 2.46. The van der Waals surface area contributed by atoms with Crippen LogP contribution in [-0.2, 0) is 16.0 Å². The fourth-order valence-corrected chi connectivity index (χ4v) is 3.92. The first-order chi connectivity index (χ1) is 9.76. The molecule has 0 aromatic carbocycles. The van der Waals surface area contributed by atoms with Gasteiger partial charge in [-0.15, -0.1) is 11.3 Å². The lowest BCUT2D eigenvalue weighted by atomic mass is 9.93. The van der Waals surface area contributed by atoms with E-state index in [2.05, 4.69) is 24.4 Å². The number of aryl methyl sites for hydroxylation is 1. The molecule has 0 spiro atoms. The molecule has 1 aliphatic heterocycles. The molecule has 1 aliphatic rings. The van der Waals surface area contributed by atoms with Crippen LogP contribution in [0.4, 0.5) is 0 Å². The zero-order valence-electron chi connectivity index (χ0n) is 13.4. The maximum Gasteiger partial charge on any atom is 0.248 e. The van der Waals surface area contributed by atoms with E-state index in [0.29, 0.717) is 6.42 Å². The van der Waals surface area contributed by atoms with E-state index >= 15 is 0 Å². The SMILES string of the molecule is CCC1C(=O)NC(C)(C)C(=O)N1C(C)Cc1ccc(C)s1. The van der Waals surface area contributed by atoms with Crippen LogP contribution in [0, 0.1) is 6.92 Å². The first kappa shape index (κ1) is 16.0. The summed E-state index contributed by atoms with van der Waals surface area (Å²) in [6.07, 6.45) is 1.44. The molecule has 21 heavy (non-hydrogen) atoms. The summed E-state index contributed by atoms with van der Waals surface area (Å²) in [5, 5.41) is 2.83. The maximum atomic E-state index is 12.7. The number of hydrogen-bond donors (Lipinski definition) is 1. The standard InChI is InChI=1S/C16H24N2O2S/c1-6-13-14(19)17-16(4,5)15(20)18(13)10(2)9-12-8-7-11(3)21-12/h7-8,10,13H,6,9H2,1-5H3,(H,17,19). The number of carbonyl (C=O) groups excluding carboxylic acids is 2. The topological polar surface area (TPSA) is 49.4 Å². The highest BCUT2D eigenvalue weighted by Crippen LogP contribution is 2.25. The first-order valence-corrected chi connectivity index (χ1v) is 8.28. The summed E-state index contributed by atoms with van der Waals surface area (Å²) >= 11 is 1.75. The van der Waals surface area contributed by atoms with Crippen molar-refractivity contribution < 1.29 is 9.59 Å². The monoisotopic (exact) mass is 308 g/mol. The maximum absolute atomic E-state index is 12.7. The third-order valence-corrected chi connectivity index (χ3v) is 5.02. The minimum atomic E-state index is -0.817. The van der Waals surface area contributed by atoms with Crippen molar-refractivity contribution in [2.24, 2.45) is 0 Å². The van der Waals surface area contributed by atoms with Gasteiger partial charge in [-0.25, -0.2) is 0 Å². The average Bonchev–Trinajstić information content (AvgIpc) is 2.78. The Bertz CT molecular complexity index is 550. The first-order valence-electron chi connectivity index (χ1n) is 7.46. The van der Waals surface area contributed by atoms with Gasteiger partial charge in [0.1, 0.15) is 11.6 Å². The quantitative estimate of drug-likeness (QED) is 0.929. The van der Waals surface area contributed by atoms with Crippen LogP contribution in [0.1, 0.15) is 43.9 Å². The van der Waals surface area contributed by atoms with Crippen LogP contribution < -0.4 is 5.32 Å². The molecule has 0 bridgehead atoms. The molecule has 116 valence electrons. The van der Waals surface area contributed by atoms with Gasteiger partial charge in [-0.3, -0.25) is 9.59 Å². The molecule has 4 nitrogen and oxygen atoms in total. The smallest absolute Gasteiger partial charge is 0.248 e. The molecule has 2 rings (SSSR count). The fourth-order valence-electron chi connectivity index (χ4n) is 2.91. The number of piperazine rings is 1. The predicted molar refractivity (Wildman–Crippen MR) is 85.4 cm³/mol. The van der Waals surface area contributed by atoms with Crippen LogP contribution in [0.2, 0.25) is 0 Å². The van der Waals surface area contributed by atoms with Crippen molar-refractivity contribution >= 4 is 23.2 Å². The van der Waals surface area contributed by atoms with E-state index in [1.807, 2.05) is 13.8 Å². The van der Waals surface area contributed by atoms with Crippen LogP contribution in [0.5, 0.6) is 0 Å². The molecule has 1 aromatic heterocycles. The average molecular weight is 308 g/mol. The third-order valence-electron chi connectivity index (χ3n) is 4.00. The van der Waals surface area contributed by atoms with E-state index in [0.717, 1.165) is 6.42 Å². The van der Waals surface area contributed by atoms with E-state index in [1.165, 1.54) is 9.75 Å². The normalized spacial score (nSPS) is 23.1. The molecule has 5 heteroatoms. The van der Waals surface area contributed by atoms with Gasteiger partial charge < -0.3 is 10.2 Å². The van der Waals surface area contributed by atoms with Crippen molar-refractivity contribution in [2.45, 2.75) is 65.1 Å². The van der Waals surface area contributed by atoms with Gasteiger partial charge in [0.25, 0.3) is 0 Å². The second-order valence-corrected chi connectivity index (χ2v) is 7.69. The number of hydrogen-bond acceptors (Lipinski definition) is 3. The Morgan fingerprint density at radius 2 is 2.05 bits per heavy atom. The Hall–Kier alpha value is -1.36. The van der Waals surface area contributed by atoms with E-state index in [9.17, 15) is 9.59 Å². The Morgan fingerprint density at radius 3 is 2.57 bits per heavy atom. The highest BCUT2D eigenvalue weighted by atomic mass is 32.1. The Kier molecular flexibility index (Phi) is 4.42. The number of nitrogens with one attached hydrogen (secondary N) is 1. The Balaban J connectivity index is 2.24. The highest BCUT2D eigenvalue weighted by molar-refractivity contribution is 7.11. The molecule has 2 heterocycles. The van der Waals surface area contributed by atoms with Crippen molar-refractivity contribution in [2.75, 3.05) is 0 Å². The van der Waals surface area contributed by atoms with Crippen LogP contribution in [0.3, 0.4) is 0 Å². The summed E-state index contributed by atoms with van der Waals surface area (Å²) in [4.78, 5) is 29.3. The third kappa shape index (κ3) is 3.12. The van der Waals surface area contributed by atoms with E-state index < -0.39 is 5.54 Å². The van der Waals surface area contributed by atoms with Crippen LogP contribution in [0.25, 0.3) is 0 Å². The van der Waals surface area contributed by atoms with Crippen molar-refractivity contribution in [3.63, 3.8) is 0 Å². The van der Waals surface area contributed by atoms with Crippen molar-refractivity contribution in [3.8, 4) is 0 Å². The van der Waals surface area contributed by atoms with Crippen molar-refractivity contribution in [3.05, 3.63) is 21.9 Å². The number of nitrogens with zero attached hydrogens (tertiary/aromatic N) is 1. The Labute approximate surface area is 130 Å². The molecule has 2 atom stereocenters. The van der Waals surface area contributed by atoms with Gasteiger partial charge in [-0.05, 0) is 46.2 Å². The number of thiophene rings is 1. The van der Waals surface area contributed by atoms with Gasteiger partial charge in [0.2, 0.25) is 11.8 Å². The lowest BCUT2D eigenvalue weighted by molar-refractivity contribution is -0.156. The molecule has 2 amide bonds. The second-order valence-electron chi connectivity index (χ2n) is 6.32. The summed E-state index contributed by atoms with van der Waals surface area (Å²) in [6, 6.07) is 3.86. The van der Waals surface area contributed by atoms with Gasteiger partial charge in [0, 0.05) is 22.2 Å². The molecule has 1 fully saturated rings. The molecular formula is C16H24N2O2S. The summed E-state index contributed by atoms with van der Waals surface area (Å²) < 4.78 is 0. The molecule has 1 saturated heterocycles. The molecule has 1 N–H and O–H groups in total. The van der Waals surface area contributed by atoms with Crippen LogP contribution in [-0.4, -0.2) is 34.3 Å².